The predicted octanol–water partition coefficient (Wildman–Crippen LogP) is 2.74. The lowest BCUT2D eigenvalue weighted by molar-refractivity contribution is 0.774. The van der Waals surface area contributed by atoms with Crippen molar-refractivity contribution in [1.82, 2.24) is 0 Å². The highest BCUT2D eigenvalue weighted by atomic mass is 14.7. The topological polar surface area (TPSA) is 49.9 Å². The smallest absolute Gasteiger partial charge is 0.0682 e. The second kappa shape index (κ2) is 4.22. The van der Waals surface area contributed by atoms with Crippen LogP contribution >= 0.6 is 0 Å². The maximum absolute atomic E-state index is 8.08. The Hall–Kier alpha value is -1.41. The molecule has 0 fully saturated rings. The first kappa shape index (κ1) is 11.1. The summed E-state index contributed by atoms with van der Waals surface area (Å²) in [5.41, 5.74) is 9.98. The van der Waals surface area contributed by atoms with Crippen LogP contribution in [0.25, 0.3) is 0 Å². The lowest BCUT2D eigenvalue weighted by Gasteiger charge is -2.26. The van der Waals surface area contributed by atoms with Gasteiger partial charge in [0.05, 0.1) is 11.8 Å². The molecule has 2 nitrogen and oxygen atoms in total. The third-order valence-corrected chi connectivity index (χ3v) is 3.32. The van der Waals surface area contributed by atoms with Crippen LogP contribution in [0.15, 0.2) is 47.1 Å². The summed E-state index contributed by atoms with van der Waals surface area (Å²) in [6.07, 6.45) is 11.6. The first-order valence-corrected chi connectivity index (χ1v) is 5.67. The van der Waals surface area contributed by atoms with Crippen LogP contribution in [-0.2, 0) is 0 Å². The van der Waals surface area contributed by atoms with Crippen molar-refractivity contribution in [1.29, 1.82) is 5.41 Å². The Balaban J connectivity index is 2.23. The van der Waals surface area contributed by atoms with E-state index >= 15 is 0 Å². The molecule has 2 rings (SSSR count). The summed E-state index contributed by atoms with van der Waals surface area (Å²) in [6.45, 7) is 4.08. The van der Waals surface area contributed by atoms with Crippen LogP contribution < -0.4 is 5.73 Å². The number of nitrogens with two attached hydrogens (primary N) is 1. The van der Waals surface area contributed by atoms with Gasteiger partial charge < -0.3 is 11.1 Å². The summed E-state index contributed by atoms with van der Waals surface area (Å²) in [6, 6.07) is -0.222. The molecule has 0 heterocycles. The molecule has 0 aromatic carbocycles. The maximum atomic E-state index is 8.08. The zero-order valence-corrected chi connectivity index (χ0v) is 9.83. The van der Waals surface area contributed by atoms with E-state index in [1.165, 1.54) is 5.57 Å². The number of hydrogen-bond donors (Lipinski definition) is 2. The Morgan fingerprint density at radius 3 is 2.69 bits per heavy atom. The molecule has 2 heteroatoms. The van der Waals surface area contributed by atoms with E-state index in [-0.39, 0.29) is 6.04 Å². The summed E-state index contributed by atoms with van der Waals surface area (Å²) in [5.74, 6) is 0.326. The van der Waals surface area contributed by atoms with E-state index in [2.05, 4.69) is 25.2 Å². The molecule has 0 bridgehead atoms. The fourth-order valence-corrected chi connectivity index (χ4v) is 2.10. The van der Waals surface area contributed by atoms with Gasteiger partial charge >= 0.3 is 0 Å². The van der Waals surface area contributed by atoms with Crippen molar-refractivity contribution < 1.29 is 0 Å². The highest BCUT2D eigenvalue weighted by Crippen LogP contribution is 2.28. The number of hydrogen-bond acceptors (Lipinski definition) is 2. The van der Waals surface area contributed by atoms with E-state index in [1.807, 2.05) is 19.1 Å². The van der Waals surface area contributed by atoms with E-state index in [0.717, 1.165) is 17.6 Å². The average Bonchev–Trinajstić information content (AvgIpc) is 2.28. The summed E-state index contributed by atoms with van der Waals surface area (Å²) in [4.78, 5) is 0. The molecule has 2 aliphatic rings. The largest absolute Gasteiger partial charge is 0.319 e. The molecule has 2 aliphatic carbocycles. The molecule has 0 radical (unpaired) electrons. The Morgan fingerprint density at radius 2 is 2.06 bits per heavy atom. The minimum atomic E-state index is -0.222. The SMILES string of the molecule is CC1=CCC(C2=CC=C(C)C(N)C2=N)C=C1. The molecule has 0 aromatic rings. The first-order valence-electron chi connectivity index (χ1n) is 5.67. The molecule has 0 amide bonds. The van der Waals surface area contributed by atoms with Gasteiger partial charge in [0.1, 0.15) is 0 Å². The van der Waals surface area contributed by atoms with Crippen LogP contribution in [-0.4, -0.2) is 11.8 Å². The van der Waals surface area contributed by atoms with Crippen LogP contribution in [0.1, 0.15) is 20.3 Å². The van der Waals surface area contributed by atoms with E-state index in [9.17, 15) is 0 Å². The van der Waals surface area contributed by atoms with Gasteiger partial charge in [0.2, 0.25) is 0 Å². The Kier molecular flexibility index (Phi) is 2.92. The van der Waals surface area contributed by atoms with Crippen molar-refractivity contribution in [2.24, 2.45) is 11.7 Å². The van der Waals surface area contributed by atoms with Gasteiger partial charge in [0.15, 0.2) is 0 Å². The Bertz CT molecular complexity index is 436. The van der Waals surface area contributed by atoms with Crippen molar-refractivity contribution >= 4 is 5.71 Å². The van der Waals surface area contributed by atoms with Gasteiger partial charge in [-0.3, -0.25) is 0 Å². The second-order valence-corrected chi connectivity index (χ2v) is 4.57. The van der Waals surface area contributed by atoms with Gasteiger partial charge in [-0.2, -0.15) is 0 Å². The summed E-state index contributed by atoms with van der Waals surface area (Å²) in [5, 5.41) is 8.08. The van der Waals surface area contributed by atoms with E-state index < -0.39 is 0 Å². The zero-order chi connectivity index (χ0) is 11.7. The molecule has 0 saturated carbocycles. The fourth-order valence-electron chi connectivity index (χ4n) is 2.10. The second-order valence-electron chi connectivity index (χ2n) is 4.57. The quantitative estimate of drug-likeness (QED) is 0.692. The standard InChI is InChI=1S/C14H18N2/c1-9-3-6-11(7-4-9)12-8-5-10(2)13(15)14(12)16/h3-6,8,11,13,16H,7,15H2,1-2H3. The first-order chi connectivity index (χ1) is 7.59. The van der Waals surface area contributed by atoms with E-state index in [1.54, 1.807) is 0 Å². The summed E-state index contributed by atoms with van der Waals surface area (Å²) in [7, 11) is 0. The van der Waals surface area contributed by atoms with Crippen molar-refractivity contribution in [2.45, 2.75) is 26.3 Å². The van der Waals surface area contributed by atoms with Gasteiger partial charge in [-0.25, -0.2) is 0 Å². The molecule has 2 unspecified atom stereocenters. The van der Waals surface area contributed by atoms with Gasteiger partial charge in [-0.05, 0) is 25.8 Å². The van der Waals surface area contributed by atoms with Crippen molar-refractivity contribution in [2.75, 3.05) is 0 Å². The van der Waals surface area contributed by atoms with Crippen molar-refractivity contribution in [3.63, 3.8) is 0 Å². The van der Waals surface area contributed by atoms with Crippen LogP contribution in [0.2, 0.25) is 0 Å². The van der Waals surface area contributed by atoms with E-state index in [0.29, 0.717) is 11.6 Å². The van der Waals surface area contributed by atoms with Crippen LogP contribution in [0.5, 0.6) is 0 Å². The van der Waals surface area contributed by atoms with Gasteiger partial charge in [-0.1, -0.05) is 41.5 Å². The third-order valence-electron chi connectivity index (χ3n) is 3.32. The average molecular weight is 214 g/mol. The minimum Gasteiger partial charge on any atom is -0.319 e. The fraction of sp³-hybridized carbons (Fsp3) is 0.357. The molecular weight excluding hydrogens is 196 g/mol. The molecule has 0 aliphatic heterocycles. The lowest BCUT2D eigenvalue weighted by atomic mass is 9.81. The van der Waals surface area contributed by atoms with Gasteiger partial charge in [0.25, 0.3) is 0 Å². The lowest BCUT2D eigenvalue weighted by Crippen LogP contribution is -2.35. The molecule has 16 heavy (non-hydrogen) atoms. The number of rotatable bonds is 1. The van der Waals surface area contributed by atoms with Crippen LogP contribution in [0.4, 0.5) is 0 Å². The molecule has 0 saturated heterocycles. The van der Waals surface area contributed by atoms with E-state index in [4.69, 9.17) is 11.1 Å². The Morgan fingerprint density at radius 1 is 1.31 bits per heavy atom. The third kappa shape index (κ3) is 1.93. The molecule has 2 atom stereocenters. The summed E-state index contributed by atoms with van der Waals surface area (Å²) >= 11 is 0. The Labute approximate surface area is 96.7 Å². The zero-order valence-electron chi connectivity index (χ0n) is 9.83. The van der Waals surface area contributed by atoms with Gasteiger partial charge in [0, 0.05) is 5.92 Å². The minimum absolute atomic E-state index is 0.222. The monoisotopic (exact) mass is 214 g/mol. The highest BCUT2D eigenvalue weighted by molar-refractivity contribution is 6.05. The maximum Gasteiger partial charge on any atom is 0.0682 e. The predicted molar refractivity (Wildman–Crippen MR) is 68.5 cm³/mol. The summed E-state index contributed by atoms with van der Waals surface area (Å²) < 4.78 is 0. The molecule has 3 N–H and O–H groups in total. The number of allylic oxidation sites excluding steroid dienone is 6. The highest BCUT2D eigenvalue weighted by Gasteiger charge is 2.24. The molecule has 0 spiro atoms. The molecular formula is C14H18N2. The van der Waals surface area contributed by atoms with Crippen LogP contribution in [0.3, 0.4) is 0 Å². The molecule has 0 aromatic heterocycles. The van der Waals surface area contributed by atoms with Crippen molar-refractivity contribution in [3.8, 4) is 0 Å². The van der Waals surface area contributed by atoms with Gasteiger partial charge in [-0.15, -0.1) is 0 Å². The normalized spacial score (nSPS) is 29.7. The van der Waals surface area contributed by atoms with Crippen molar-refractivity contribution in [3.05, 3.63) is 47.1 Å². The number of nitrogens with one attached hydrogen (secondary N) is 1. The van der Waals surface area contributed by atoms with Crippen LogP contribution in [0, 0.1) is 11.3 Å². The molecule has 84 valence electrons.